The smallest absolute Gasteiger partial charge is 0.317 e. The Labute approximate surface area is 102 Å². The predicted molar refractivity (Wildman–Crippen MR) is 63.5 cm³/mol. The van der Waals surface area contributed by atoms with Crippen molar-refractivity contribution >= 4 is 10.6 Å². The molecule has 0 atom stereocenters. The second kappa shape index (κ2) is 4.12. The second-order valence-corrected chi connectivity index (χ2v) is 6.98. The molecule has 3 rings (SSSR count). The summed E-state index contributed by atoms with van der Waals surface area (Å²) >= 11 is 0. The summed E-state index contributed by atoms with van der Waals surface area (Å²) < 4.78 is 15.9. The van der Waals surface area contributed by atoms with Crippen molar-refractivity contribution in [2.45, 2.75) is 32.8 Å². The quantitative estimate of drug-likeness (QED) is 0.597. The molecule has 0 saturated carbocycles. The summed E-state index contributed by atoms with van der Waals surface area (Å²) in [6.45, 7) is 3.79. The summed E-state index contributed by atoms with van der Waals surface area (Å²) in [5.41, 5.74) is 1.64. The van der Waals surface area contributed by atoms with Crippen molar-refractivity contribution in [1.82, 2.24) is 9.97 Å². The third-order valence-electron chi connectivity index (χ3n) is 2.92. The van der Waals surface area contributed by atoms with E-state index in [0.29, 0.717) is 6.01 Å². The summed E-state index contributed by atoms with van der Waals surface area (Å²) in [6.07, 6.45) is 2.09. The molecule has 1 spiro atoms. The summed E-state index contributed by atoms with van der Waals surface area (Å²) in [5, 5.41) is 0. The molecule has 0 amide bonds. The maximum Gasteiger partial charge on any atom is 0.317 e. The fourth-order valence-electron chi connectivity index (χ4n) is 1.99. The van der Waals surface area contributed by atoms with Crippen LogP contribution in [0.25, 0.3) is 0 Å². The number of ether oxygens (including phenoxy) is 1. The van der Waals surface area contributed by atoms with E-state index in [1.807, 2.05) is 13.8 Å². The van der Waals surface area contributed by atoms with E-state index in [9.17, 15) is 0 Å². The van der Waals surface area contributed by atoms with Crippen molar-refractivity contribution in [1.29, 1.82) is 0 Å². The van der Waals surface area contributed by atoms with Gasteiger partial charge in [-0.05, 0) is 13.8 Å². The zero-order valence-corrected chi connectivity index (χ0v) is 10.7. The van der Waals surface area contributed by atoms with Gasteiger partial charge in [-0.1, -0.05) is 0 Å². The number of nitrogens with zero attached hydrogens (tertiary/aromatic N) is 2. The zero-order chi connectivity index (χ0) is 11.9. The van der Waals surface area contributed by atoms with Crippen molar-refractivity contribution in [2.24, 2.45) is 0 Å². The van der Waals surface area contributed by atoms with Crippen LogP contribution in [0.1, 0.15) is 24.2 Å². The van der Waals surface area contributed by atoms with Gasteiger partial charge in [-0.3, -0.25) is 0 Å². The van der Waals surface area contributed by atoms with Gasteiger partial charge in [0.15, 0.2) is 0 Å². The number of hydrogen-bond donors (Lipinski definition) is 0. The second-order valence-electron chi connectivity index (χ2n) is 4.41. The van der Waals surface area contributed by atoms with E-state index in [4.69, 9.17) is 13.4 Å². The number of aryl methyl sites for hydroxylation is 2. The van der Waals surface area contributed by atoms with Crippen molar-refractivity contribution in [3.63, 3.8) is 0 Å². The molecular formula is C11H15N2O3S. The maximum atomic E-state index is 5.80. The Morgan fingerprint density at radius 2 is 1.76 bits per heavy atom. The molecule has 1 radical (unpaired) electrons. The molecule has 6 heteroatoms. The first kappa shape index (κ1) is 11.3. The average Bonchev–Trinajstić information content (AvgIpc) is 3.01. The number of aromatic nitrogens is 2. The van der Waals surface area contributed by atoms with Crippen LogP contribution in [-0.2, 0) is 8.67 Å². The highest BCUT2D eigenvalue weighted by Crippen LogP contribution is 2.67. The summed E-state index contributed by atoms with van der Waals surface area (Å²) in [6, 6.07) is 3.50. The Kier molecular flexibility index (Phi) is 2.72. The SMILES string of the molecule is Cc1[c]c(C)nc(OC2CCS3(CC2)OO3)n1. The van der Waals surface area contributed by atoms with Crippen LogP contribution >= 0.6 is 10.6 Å². The molecule has 2 aliphatic rings. The molecule has 93 valence electrons. The minimum Gasteiger partial charge on any atom is -0.460 e. The molecule has 1 aromatic heterocycles. The van der Waals surface area contributed by atoms with Crippen LogP contribution < -0.4 is 4.74 Å². The molecule has 0 bridgehead atoms. The summed E-state index contributed by atoms with van der Waals surface area (Å²) in [4.78, 5) is 8.47. The molecule has 0 unspecified atom stereocenters. The van der Waals surface area contributed by atoms with Crippen LogP contribution in [0.4, 0.5) is 0 Å². The number of hydrogen-bond acceptors (Lipinski definition) is 5. The Morgan fingerprint density at radius 3 is 2.29 bits per heavy atom. The fourth-order valence-corrected chi connectivity index (χ4v) is 4.03. The van der Waals surface area contributed by atoms with Crippen LogP contribution in [0.15, 0.2) is 0 Å². The molecule has 2 saturated heterocycles. The van der Waals surface area contributed by atoms with E-state index in [-0.39, 0.29) is 6.10 Å². The van der Waals surface area contributed by atoms with Gasteiger partial charge < -0.3 is 4.74 Å². The molecule has 5 nitrogen and oxygen atoms in total. The molecule has 0 aromatic carbocycles. The van der Waals surface area contributed by atoms with Gasteiger partial charge in [0.05, 0.1) is 11.4 Å². The molecule has 0 N–H and O–H groups in total. The minimum atomic E-state index is -1.10. The highest BCUT2D eigenvalue weighted by atomic mass is 32.3. The Balaban J connectivity index is 1.62. The summed E-state index contributed by atoms with van der Waals surface area (Å²) in [5.74, 6) is 1.93. The maximum absolute atomic E-state index is 5.80. The van der Waals surface area contributed by atoms with Crippen LogP contribution in [0.5, 0.6) is 6.01 Å². The van der Waals surface area contributed by atoms with Gasteiger partial charge in [-0.15, -0.1) is 19.3 Å². The third-order valence-corrected chi connectivity index (χ3v) is 5.16. The lowest BCUT2D eigenvalue weighted by atomic mass is 10.2. The average molecular weight is 255 g/mol. The van der Waals surface area contributed by atoms with Gasteiger partial charge in [0, 0.05) is 30.4 Å². The summed E-state index contributed by atoms with van der Waals surface area (Å²) in [7, 11) is -1.10. The standard InChI is InChI=1S/C11H15N2O3S/c1-8-7-9(2)13-11(12-8)14-10-3-5-17(6-4-10)15-16-17/h10H,3-6H2,1-2H3. The van der Waals surface area contributed by atoms with E-state index < -0.39 is 10.6 Å². The highest BCUT2D eigenvalue weighted by Gasteiger charge is 2.42. The lowest BCUT2D eigenvalue weighted by Crippen LogP contribution is -2.26. The Bertz CT molecular complexity index is 406. The molecular weight excluding hydrogens is 240 g/mol. The van der Waals surface area contributed by atoms with Crippen LogP contribution in [-0.4, -0.2) is 27.6 Å². The van der Waals surface area contributed by atoms with Crippen molar-refractivity contribution in [2.75, 3.05) is 11.5 Å². The minimum absolute atomic E-state index is 0.183. The lowest BCUT2D eigenvalue weighted by molar-refractivity contribution is 0.0850. The van der Waals surface area contributed by atoms with Gasteiger partial charge in [0.1, 0.15) is 6.10 Å². The van der Waals surface area contributed by atoms with Gasteiger partial charge in [-0.25, -0.2) is 0 Å². The first-order valence-corrected chi connectivity index (χ1v) is 7.55. The Morgan fingerprint density at radius 1 is 1.18 bits per heavy atom. The number of rotatable bonds is 2. The monoisotopic (exact) mass is 255 g/mol. The molecule has 0 aliphatic carbocycles. The molecule has 1 aromatic rings. The van der Waals surface area contributed by atoms with E-state index >= 15 is 0 Å². The molecule has 3 heterocycles. The van der Waals surface area contributed by atoms with Crippen LogP contribution in [0.3, 0.4) is 0 Å². The van der Waals surface area contributed by atoms with E-state index in [0.717, 1.165) is 35.7 Å². The van der Waals surface area contributed by atoms with E-state index in [2.05, 4.69) is 16.0 Å². The van der Waals surface area contributed by atoms with Crippen molar-refractivity contribution in [3.05, 3.63) is 17.5 Å². The van der Waals surface area contributed by atoms with Gasteiger partial charge in [0.2, 0.25) is 0 Å². The first-order chi connectivity index (χ1) is 8.15. The zero-order valence-electron chi connectivity index (χ0n) is 9.93. The van der Waals surface area contributed by atoms with Gasteiger partial charge >= 0.3 is 6.01 Å². The van der Waals surface area contributed by atoms with Crippen molar-refractivity contribution < 1.29 is 13.4 Å². The molecule has 2 fully saturated rings. The normalized spacial score (nSPS) is 24.6. The first-order valence-electron chi connectivity index (χ1n) is 5.73. The largest absolute Gasteiger partial charge is 0.460 e. The lowest BCUT2D eigenvalue weighted by Gasteiger charge is -2.27. The molecule has 2 aliphatic heterocycles. The fraction of sp³-hybridized carbons (Fsp3) is 0.636. The van der Waals surface area contributed by atoms with Gasteiger partial charge in [-0.2, -0.15) is 9.97 Å². The molecule has 17 heavy (non-hydrogen) atoms. The topological polar surface area (TPSA) is 60.1 Å². The third kappa shape index (κ3) is 2.53. The van der Waals surface area contributed by atoms with Crippen LogP contribution in [0, 0.1) is 19.9 Å². The predicted octanol–water partition coefficient (Wildman–Crippen LogP) is 2.03. The van der Waals surface area contributed by atoms with Crippen molar-refractivity contribution in [3.8, 4) is 6.01 Å². The highest BCUT2D eigenvalue weighted by molar-refractivity contribution is 8.29. The van der Waals surface area contributed by atoms with Gasteiger partial charge in [0.25, 0.3) is 0 Å². The van der Waals surface area contributed by atoms with Crippen LogP contribution in [0.2, 0.25) is 0 Å². The van der Waals surface area contributed by atoms with E-state index in [1.165, 1.54) is 0 Å². The van der Waals surface area contributed by atoms with E-state index in [1.54, 1.807) is 0 Å². The Hall–Kier alpha value is -0.850.